The maximum Gasteiger partial charge on any atom is 0.176 e. The van der Waals surface area contributed by atoms with E-state index in [1.165, 1.54) is 0 Å². The number of hydrogen-bond acceptors (Lipinski definition) is 2. The van der Waals surface area contributed by atoms with E-state index in [9.17, 15) is 0 Å². The quantitative estimate of drug-likeness (QED) is 0.412. The number of anilines is 2. The first kappa shape index (κ1) is 19.5. The lowest BCUT2D eigenvalue weighted by molar-refractivity contribution is 0.690. The Labute approximate surface area is 179 Å². The van der Waals surface area contributed by atoms with Crippen LogP contribution < -0.4 is 10.6 Å². The fraction of sp³-hybridized carbons (Fsp3) is 0.0588. The first-order chi connectivity index (χ1) is 12.4. The Balaban J connectivity index is 1.70. The van der Waals surface area contributed by atoms with Crippen LogP contribution in [0, 0.1) is 0 Å². The maximum atomic E-state index is 6.20. The maximum absolute atomic E-state index is 6.20. The number of aromatic nitrogens is 2. The first-order valence-corrected chi connectivity index (χ1v) is 9.75. The summed E-state index contributed by atoms with van der Waals surface area (Å²) in [5.41, 5.74) is 1.59. The van der Waals surface area contributed by atoms with Crippen LogP contribution in [-0.2, 0) is 6.54 Å². The van der Waals surface area contributed by atoms with Crippen LogP contribution in [0.5, 0.6) is 0 Å². The van der Waals surface area contributed by atoms with Crippen LogP contribution in [0.1, 0.15) is 5.56 Å². The van der Waals surface area contributed by atoms with Gasteiger partial charge in [-0.15, -0.1) is 0 Å². The Morgan fingerprint density at radius 1 is 1.08 bits per heavy atom. The normalized spacial score (nSPS) is 10.6. The number of nitrogens with zero attached hydrogens (tertiary/aromatic N) is 2. The molecule has 1 heterocycles. The third-order valence-electron chi connectivity index (χ3n) is 3.42. The molecule has 0 saturated heterocycles. The Bertz CT molecular complexity index is 961. The van der Waals surface area contributed by atoms with Crippen LogP contribution in [0.2, 0.25) is 15.1 Å². The highest BCUT2D eigenvalue weighted by Gasteiger charge is 2.11. The van der Waals surface area contributed by atoms with Gasteiger partial charge in [-0.3, -0.25) is 4.68 Å². The number of halogens is 4. The summed E-state index contributed by atoms with van der Waals surface area (Å²) in [4.78, 5) is 0. The number of rotatable bonds is 4. The van der Waals surface area contributed by atoms with E-state index >= 15 is 0 Å². The van der Waals surface area contributed by atoms with Crippen LogP contribution in [0.25, 0.3) is 0 Å². The zero-order valence-corrected chi connectivity index (χ0v) is 17.8. The molecule has 1 aromatic heterocycles. The van der Waals surface area contributed by atoms with Crippen LogP contribution >= 0.6 is 63.0 Å². The molecule has 0 fully saturated rings. The topological polar surface area (TPSA) is 41.9 Å². The third kappa shape index (κ3) is 4.90. The highest BCUT2D eigenvalue weighted by Crippen LogP contribution is 2.26. The fourth-order valence-corrected chi connectivity index (χ4v) is 3.37. The molecule has 0 saturated carbocycles. The summed E-state index contributed by atoms with van der Waals surface area (Å²) in [5, 5.41) is 12.6. The highest BCUT2D eigenvalue weighted by molar-refractivity contribution is 9.10. The standard InChI is InChI=1S/C17H12BrCl3N4S/c18-12-9-25(8-10-3-1-2-4-13(10)20)24-16(12)23-17(26)22-15-7-11(19)5-6-14(15)21/h1-7,9H,8H2,(H2,22,23,24,26). The molecule has 0 radical (unpaired) electrons. The van der Waals surface area contributed by atoms with Crippen molar-refractivity contribution >= 4 is 79.6 Å². The molecule has 4 nitrogen and oxygen atoms in total. The summed E-state index contributed by atoms with van der Waals surface area (Å²) in [6.45, 7) is 0.542. The predicted octanol–water partition coefficient (Wildman–Crippen LogP) is 6.46. The molecule has 2 N–H and O–H groups in total. The Morgan fingerprint density at radius 2 is 1.85 bits per heavy atom. The van der Waals surface area contributed by atoms with Gasteiger partial charge in [-0.2, -0.15) is 5.10 Å². The van der Waals surface area contributed by atoms with Crippen molar-refractivity contribution in [2.24, 2.45) is 0 Å². The number of benzene rings is 2. The summed E-state index contributed by atoms with van der Waals surface area (Å²) in [6.07, 6.45) is 1.85. The number of hydrogen-bond donors (Lipinski definition) is 2. The third-order valence-corrected chi connectivity index (χ3v) is 5.13. The lowest BCUT2D eigenvalue weighted by atomic mass is 10.2. The van der Waals surface area contributed by atoms with Crippen molar-refractivity contribution in [3.8, 4) is 0 Å². The van der Waals surface area contributed by atoms with Gasteiger partial charge < -0.3 is 10.6 Å². The minimum Gasteiger partial charge on any atom is -0.331 e. The zero-order chi connectivity index (χ0) is 18.7. The minimum atomic E-state index is 0.345. The van der Waals surface area contributed by atoms with E-state index < -0.39 is 0 Å². The molecule has 0 aliphatic rings. The minimum absolute atomic E-state index is 0.345. The summed E-state index contributed by atoms with van der Waals surface area (Å²) < 4.78 is 2.54. The Hall–Kier alpha value is -1.31. The number of nitrogens with one attached hydrogen (secondary N) is 2. The molecule has 26 heavy (non-hydrogen) atoms. The van der Waals surface area contributed by atoms with Gasteiger partial charge in [-0.1, -0.05) is 53.0 Å². The van der Waals surface area contributed by atoms with Crippen LogP contribution in [0.4, 0.5) is 11.5 Å². The highest BCUT2D eigenvalue weighted by atomic mass is 79.9. The Morgan fingerprint density at radius 3 is 2.62 bits per heavy atom. The lowest BCUT2D eigenvalue weighted by Crippen LogP contribution is -2.20. The van der Waals surface area contributed by atoms with E-state index in [2.05, 4.69) is 31.7 Å². The molecular weight excluding hydrogens is 479 g/mol. The van der Waals surface area contributed by atoms with E-state index in [4.69, 9.17) is 47.0 Å². The zero-order valence-electron chi connectivity index (χ0n) is 13.1. The average Bonchev–Trinajstić information content (AvgIpc) is 2.92. The molecule has 3 rings (SSSR count). The molecule has 9 heteroatoms. The van der Waals surface area contributed by atoms with Gasteiger partial charge in [-0.05, 0) is 58.0 Å². The van der Waals surface area contributed by atoms with E-state index in [1.54, 1.807) is 22.9 Å². The molecule has 0 unspecified atom stereocenters. The van der Waals surface area contributed by atoms with Crippen LogP contribution in [-0.4, -0.2) is 14.9 Å². The molecular formula is C17H12BrCl3N4S. The lowest BCUT2D eigenvalue weighted by Gasteiger charge is -2.11. The van der Waals surface area contributed by atoms with Gasteiger partial charge in [-0.25, -0.2) is 0 Å². The molecule has 0 amide bonds. The van der Waals surface area contributed by atoms with Crippen molar-refractivity contribution in [1.29, 1.82) is 0 Å². The van der Waals surface area contributed by atoms with E-state index in [0.717, 1.165) is 10.0 Å². The molecule has 0 atom stereocenters. The van der Waals surface area contributed by atoms with E-state index in [0.29, 0.717) is 38.2 Å². The summed E-state index contributed by atoms with van der Waals surface area (Å²) >= 11 is 27.1. The van der Waals surface area contributed by atoms with Crippen LogP contribution in [0.3, 0.4) is 0 Å². The van der Waals surface area contributed by atoms with Crippen molar-refractivity contribution < 1.29 is 0 Å². The van der Waals surface area contributed by atoms with Gasteiger partial charge in [0.05, 0.1) is 21.7 Å². The van der Waals surface area contributed by atoms with Crippen molar-refractivity contribution in [3.63, 3.8) is 0 Å². The van der Waals surface area contributed by atoms with Gasteiger partial charge in [0.15, 0.2) is 10.9 Å². The van der Waals surface area contributed by atoms with Gasteiger partial charge in [0.25, 0.3) is 0 Å². The van der Waals surface area contributed by atoms with Crippen molar-refractivity contribution in [2.45, 2.75) is 6.54 Å². The molecule has 0 aliphatic heterocycles. The Kier molecular flexibility index (Phi) is 6.42. The average molecular weight is 491 g/mol. The second-order valence-corrected chi connectivity index (χ2v) is 7.83. The van der Waals surface area contributed by atoms with Crippen molar-refractivity contribution in [3.05, 3.63) is 73.8 Å². The molecule has 3 aromatic rings. The smallest absolute Gasteiger partial charge is 0.176 e. The molecule has 0 bridgehead atoms. The first-order valence-electron chi connectivity index (χ1n) is 7.42. The van der Waals surface area contributed by atoms with Crippen LogP contribution in [0.15, 0.2) is 53.1 Å². The van der Waals surface area contributed by atoms with E-state index in [-0.39, 0.29) is 0 Å². The SMILES string of the molecule is S=C(Nc1cc(Cl)ccc1Cl)Nc1nn(Cc2ccccc2Cl)cc1Br. The summed E-state index contributed by atoms with van der Waals surface area (Å²) in [5.74, 6) is 0.577. The van der Waals surface area contributed by atoms with Gasteiger partial charge in [0, 0.05) is 16.2 Å². The predicted molar refractivity (Wildman–Crippen MR) is 117 cm³/mol. The largest absolute Gasteiger partial charge is 0.331 e. The molecule has 0 aliphatic carbocycles. The van der Waals surface area contributed by atoms with Gasteiger partial charge in [0.1, 0.15) is 0 Å². The second-order valence-electron chi connectivity index (χ2n) is 5.32. The van der Waals surface area contributed by atoms with Crippen molar-refractivity contribution in [2.75, 3.05) is 10.6 Å². The summed E-state index contributed by atoms with van der Waals surface area (Å²) in [6, 6.07) is 12.7. The molecule has 2 aromatic carbocycles. The molecule has 0 spiro atoms. The fourth-order valence-electron chi connectivity index (χ4n) is 2.22. The van der Waals surface area contributed by atoms with Gasteiger partial charge >= 0.3 is 0 Å². The summed E-state index contributed by atoms with van der Waals surface area (Å²) in [7, 11) is 0. The van der Waals surface area contributed by atoms with Crippen molar-refractivity contribution in [1.82, 2.24) is 9.78 Å². The van der Waals surface area contributed by atoms with Gasteiger partial charge in [0.2, 0.25) is 0 Å². The number of thiocarbonyl (C=S) groups is 1. The monoisotopic (exact) mass is 488 g/mol. The molecule has 134 valence electrons. The second kappa shape index (κ2) is 8.59. The van der Waals surface area contributed by atoms with E-state index in [1.807, 2.05) is 30.5 Å².